The van der Waals surface area contributed by atoms with E-state index in [0.717, 1.165) is 11.1 Å². The van der Waals surface area contributed by atoms with Gasteiger partial charge in [0.15, 0.2) is 11.9 Å². The highest BCUT2D eigenvalue weighted by molar-refractivity contribution is 7.89. The number of hydrogen-bond acceptors (Lipinski definition) is 7. The number of cyclic esters (lactones) is 1. The van der Waals surface area contributed by atoms with Crippen LogP contribution in [0, 0.1) is 12.8 Å². The molecule has 2 N–H and O–H groups in total. The van der Waals surface area contributed by atoms with Gasteiger partial charge < -0.3 is 15.2 Å². The first-order valence-corrected chi connectivity index (χ1v) is 16.0. The van der Waals surface area contributed by atoms with Gasteiger partial charge in [0, 0.05) is 24.3 Å². The Morgan fingerprint density at radius 2 is 1.64 bits per heavy atom. The first-order chi connectivity index (χ1) is 20.8. The molecule has 1 heterocycles. The number of rotatable bonds is 13. The molecule has 1 aliphatic heterocycles. The smallest absolute Gasteiger partial charge is 0.415 e. The highest BCUT2D eigenvalue weighted by Gasteiger charge is 2.39. The van der Waals surface area contributed by atoms with Gasteiger partial charge in [-0.05, 0) is 68.1 Å². The molecule has 3 aromatic carbocycles. The number of ketones is 1. The monoisotopic (exact) mass is 621 g/mol. The molecule has 0 aliphatic carbocycles. The molecule has 234 valence electrons. The molecule has 0 radical (unpaired) electrons. The van der Waals surface area contributed by atoms with Crippen LogP contribution in [0.1, 0.15) is 42.3 Å². The van der Waals surface area contributed by atoms with E-state index in [9.17, 15) is 27.9 Å². The lowest BCUT2D eigenvalue weighted by Gasteiger charge is -2.31. The number of Topliss-reactive ketones (excluding diaryl/α,β-unsaturated/α-hetero) is 1. The zero-order valence-corrected chi connectivity index (χ0v) is 26.2. The number of anilines is 1. The molecule has 3 aromatic rings. The number of aryl methyl sites for hydroxylation is 1. The lowest BCUT2D eigenvalue weighted by Crippen LogP contribution is -2.53. The first kappa shape index (κ1) is 32.8. The number of nitrogens with zero attached hydrogens (tertiary/aromatic N) is 2. The molecule has 0 aromatic heterocycles. The number of aliphatic hydroxyl groups is 1. The van der Waals surface area contributed by atoms with Crippen LogP contribution in [0.15, 0.2) is 83.8 Å². The Kier molecular flexibility index (Phi) is 10.6. The average Bonchev–Trinajstić information content (AvgIpc) is 3.38. The van der Waals surface area contributed by atoms with Crippen LogP contribution in [-0.4, -0.2) is 73.5 Å². The summed E-state index contributed by atoms with van der Waals surface area (Å²) in [5, 5.41) is 14.3. The predicted octanol–water partition coefficient (Wildman–Crippen LogP) is 3.96. The Labute approximate surface area is 258 Å². The fourth-order valence-electron chi connectivity index (χ4n) is 4.99. The van der Waals surface area contributed by atoms with E-state index in [0.29, 0.717) is 11.3 Å². The second kappa shape index (κ2) is 14.1. The highest BCUT2D eigenvalue weighted by Crippen LogP contribution is 2.24. The van der Waals surface area contributed by atoms with Crippen molar-refractivity contribution in [1.29, 1.82) is 0 Å². The Morgan fingerprint density at radius 3 is 2.23 bits per heavy atom. The Morgan fingerprint density at radius 1 is 1.00 bits per heavy atom. The number of hydrogen-bond donors (Lipinski definition) is 2. The molecule has 4 rings (SSSR count). The van der Waals surface area contributed by atoms with Gasteiger partial charge in [-0.25, -0.2) is 13.2 Å². The molecule has 44 heavy (non-hydrogen) atoms. The topological polar surface area (TPSA) is 133 Å². The zero-order valence-electron chi connectivity index (χ0n) is 25.3. The Bertz CT molecular complexity index is 1560. The second-order valence-corrected chi connectivity index (χ2v) is 13.4. The summed E-state index contributed by atoms with van der Waals surface area (Å²) in [5.41, 5.74) is 2.71. The van der Waals surface area contributed by atoms with E-state index in [1.807, 2.05) is 51.1 Å². The molecular weight excluding hydrogens is 582 g/mol. The molecule has 0 bridgehead atoms. The molecular formula is C33H39N3O7S. The lowest BCUT2D eigenvalue weighted by atomic mass is 10.0. The van der Waals surface area contributed by atoms with E-state index in [4.69, 9.17) is 4.74 Å². The number of sulfonamides is 1. The third kappa shape index (κ3) is 8.10. The van der Waals surface area contributed by atoms with Crippen molar-refractivity contribution in [1.82, 2.24) is 9.62 Å². The van der Waals surface area contributed by atoms with Crippen molar-refractivity contribution in [3.63, 3.8) is 0 Å². The van der Waals surface area contributed by atoms with Gasteiger partial charge in [-0.1, -0.05) is 61.9 Å². The van der Waals surface area contributed by atoms with Gasteiger partial charge in [0.25, 0.3) is 5.91 Å². The Balaban J connectivity index is 1.53. The maximum absolute atomic E-state index is 13.6. The standard InChI is InChI=1S/C33H39N3O7S/c1-22(2)19-35(44(41,42)28-16-10-23(3)11-17-28)20-30(38)29(18-25-8-6-5-7-9-25)34-32(39)31-21-36(33(40)43-31)27-14-12-26(13-15-27)24(4)37/h5-17,22,29-31,38H,18-21H2,1-4H3,(H,34,39)/t29-,30+,31-/m0/s1. The van der Waals surface area contributed by atoms with Crippen molar-refractivity contribution < 1.29 is 32.6 Å². The number of carbonyl (C=O) groups excluding carboxylic acids is 3. The van der Waals surface area contributed by atoms with Gasteiger partial charge in [-0.3, -0.25) is 14.5 Å². The normalized spacial score (nSPS) is 16.6. The van der Waals surface area contributed by atoms with Crippen molar-refractivity contribution in [2.45, 2.75) is 57.3 Å². The number of amides is 2. The number of carbonyl (C=O) groups is 3. The number of benzene rings is 3. The summed E-state index contributed by atoms with van der Waals surface area (Å²) in [5.74, 6) is -0.754. The summed E-state index contributed by atoms with van der Waals surface area (Å²) in [6.07, 6.45) is -2.95. The summed E-state index contributed by atoms with van der Waals surface area (Å²) in [6, 6.07) is 21.3. The van der Waals surface area contributed by atoms with E-state index in [2.05, 4.69) is 5.32 Å². The minimum absolute atomic E-state index is 0.0296. The largest absolute Gasteiger partial charge is 0.434 e. The van der Waals surface area contributed by atoms with Crippen LogP contribution in [0.3, 0.4) is 0 Å². The van der Waals surface area contributed by atoms with Gasteiger partial charge in [-0.2, -0.15) is 4.31 Å². The van der Waals surface area contributed by atoms with E-state index in [1.54, 1.807) is 48.5 Å². The molecule has 3 atom stereocenters. The molecule has 11 heteroatoms. The quantitative estimate of drug-likeness (QED) is 0.276. The van der Waals surface area contributed by atoms with Crippen LogP contribution in [0.25, 0.3) is 0 Å². The van der Waals surface area contributed by atoms with Crippen LogP contribution in [0.4, 0.5) is 10.5 Å². The van der Waals surface area contributed by atoms with Crippen LogP contribution < -0.4 is 10.2 Å². The van der Waals surface area contributed by atoms with Crippen molar-refractivity contribution in [3.8, 4) is 0 Å². The van der Waals surface area contributed by atoms with E-state index >= 15 is 0 Å². The molecule has 1 saturated heterocycles. The van der Waals surface area contributed by atoms with E-state index in [-0.39, 0.29) is 42.7 Å². The maximum Gasteiger partial charge on any atom is 0.415 e. The molecule has 1 fully saturated rings. The zero-order chi connectivity index (χ0) is 32.0. The van der Waals surface area contributed by atoms with Gasteiger partial charge in [0.2, 0.25) is 10.0 Å². The minimum atomic E-state index is -3.95. The van der Waals surface area contributed by atoms with Crippen LogP contribution in [-0.2, 0) is 26.0 Å². The summed E-state index contributed by atoms with van der Waals surface area (Å²) < 4.78 is 33.9. The highest BCUT2D eigenvalue weighted by atomic mass is 32.2. The SMILES string of the molecule is CC(=O)c1ccc(N2C[C@@H](C(=O)N[C@@H](Cc3ccccc3)[C@H](O)CN(CC(C)C)S(=O)(=O)c3ccc(C)cc3)OC2=O)cc1. The fraction of sp³-hybridized carbons (Fsp3) is 0.364. The number of nitrogens with one attached hydrogen (secondary N) is 1. The summed E-state index contributed by atoms with van der Waals surface area (Å²) in [4.78, 5) is 39.1. The minimum Gasteiger partial charge on any atom is -0.434 e. The van der Waals surface area contributed by atoms with E-state index in [1.165, 1.54) is 16.1 Å². The molecule has 2 amide bonds. The fourth-order valence-corrected chi connectivity index (χ4v) is 6.61. The van der Waals surface area contributed by atoms with Crippen LogP contribution in [0.5, 0.6) is 0 Å². The summed E-state index contributed by atoms with van der Waals surface area (Å²) >= 11 is 0. The van der Waals surface area contributed by atoms with Crippen molar-refractivity contribution in [3.05, 3.63) is 95.6 Å². The molecule has 0 unspecified atom stereocenters. The summed E-state index contributed by atoms with van der Waals surface area (Å²) in [7, 11) is -3.95. The molecule has 1 aliphatic rings. The number of ether oxygens (including phenoxy) is 1. The molecule has 0 saturated carbocycles. The molecule has 10 nitrogen and oxygen atoms in total. The Hall–Kier alpha value is -4.06. The average molecular weight is 622 g/mol. The second-order valence-electron chi connectivity index (χ2n) is 11.5. The third-order valence-corrected chi connectivity index (χ3v) is 9.24. The summed E-state index contributed by atoms with van der Waals surface area (Å²) in [6.45, 7) is 6.93. The van der Waals surface area contributed by atoms with Gasteiger partial charge in [-0.15, -0.1) is 0 Å². The number of aliphatic hydroxyl groups excluding tert-OH is 1. The van der Waals surface area contributed by atoms with Crippen molar-refractivity contribution in [2.75, 3.05) is 24.5 Å². The predicted molar refractivity (Wildman–Crippen MR) is 167 cm³/mol. The first-order valence-electron chi connectivity index (χ1n) is 14.5. The van der Waals surface area contributed by atoms with Gasteiger partial charge in [0.1, 0.15) is 0 Å². The van der Waals surface area contributed by atoms with Gasteiger partial charge >= 0.3 is 6.09 Å². The lowest BCUT2D eigenvalue weighted by molar-refractivity contribution is -0.129. The van der Waals surface area contributed by atoms with Crippen molar-refractivity contribution >= 4 is 33.5 Å². The van der Waals surface area contributed by atoms with Crippen LogP contribution >= 0.6 is 0 Å². The van der Waals surface area contributed by atoms with Gasteiger partial charge in [0.05, 0.1) is 23.6 Å². The van der Waals surface area contributed by atoms with E-state index < -0.39 is 40.3 Å². The maximum atomic E-state index is 13.6. The third-order valence-electron chi connectivity index (χ3n) is 7.40. The molecule has 0 spiro atoms. The van der Waals surface area contributed by atoms with Crippen LogP contribution in [0.2, 0.25) is 0 Å². The van der Waals surface area contributed by atoms with Crippen molar-refractivity contribution in [2.24, 2.45) is 5.92 Å².